The van der Waals surface area contributed by atoms with E-state index in [-0.39, 0.29) is 18.4 Å². The molecular weight excluding hydrogens is 364 g/mol. The first-order valence-corrected chi connectivity index (χ1v) is 8.17. The third kappa shape index (κ3) is 2.93. The van der Waals surface area contributed by atoms with E-state index in [1.165, 1.54) is 0 Å². The molecule has 0 spiro atoms. The molecule has 1 saturated carbocycles. The Morgan fingerprint density at radius 1 is 0.889 bits per heavy atom. The minimum Gasteiger partial charge on any atom is -0.511 e. The number of hydrogen-bond acceptors (Lipinski definition) is 10. The highest BCUT2D eigenvalue weighted by Gasteiger charge is 2.68. The number of ether oxygens (including phenoxy) is 4. The zero-order chi connectivity index (χ0) is 20.5. The fourth-order valence-electron chi connectivity index (χ4n) is 4.25. The Kier molecular flexibility index (Phi) is 5.79. The molecule has 5 atom stereocenters. The Balaban J connectivity index is 2.82. The zero-order valence-electron chi connectivity index (χ0n) is 15.4. The summed E-state index contributed by atoms with van der Waals surface area (Å²) in [4.78, 5) is 49.5. The van der Waals surface area contributed by atoms with Gasteiger partial charge in [-0.05, 0) is 12.8 Å². The molecule has 0 aromatic heterocycles. The van der Waals surface area contributed by atoms with E-state index in [1.807, 2.05) is 0 Å². The largest absolute Gasteiger partial charge is 0.511 e. The molecule has 2 N–H and O–H groups in total. The highest BCUT2D eigenvalue weighted by Crippen LogP contribution is 2.55. The number of aliphatic hydroxyl groups excluding tert-OH is 1. The number of carbonyl (C=O) groups is 4. The van der Waals surface area contributed by atoms with Crippen LogP contribution in [0.1, 0.15) is 12.8 Å². The predicted octanol–water partition coefficient (Wildman–Crippen LogP) is -0.506. The first-order valence-electron chi connectivity index (χ1n) is 8.17. The maximum Gasteiger partial charge on any atom is 0.337 e. The highest BCUT2D eigenvalue weighted by molar-refractivity contribution is 5.95. The quantitative estimate of drug-likeness (QED) is 0.478. The molecule has 0 unspecified atom stereocenters. The van der Waals surface area contributed by atoms with Crippen LogP contribution in [0, 0.1) is 23.7 Å². The fraction of sp³-hybridized carbons (Fsp3) is 0.647. The Bertz CT molecular complexity index is 696. The molecule has 0 heterocycles. The third-order valence-corrected chi connectivity index (χ3v) is 5.39. The van der Waals surface area contributed by atoms with Crippen molar-refractivity contribution in [1.82, 2.24) is 0 Å². The van der Waals surface area contributed by atoms with Gasteiger partial charge in [0, 0.05) is 5.92 Å². The summed E-state index contributed by atoms with van der Waals surface area (Å²) in [5, 5.41) is 22.1. The first kappa shape index (κ1) is 20.7. The molecule has 0 radical (unpaired) electrons. The smallest absolute Gasteiger partial charge is 0.337 e. The van der Waals surface area contributed by atoms with Gasteiger partial charge >= 0.3 is 23.9 Å². The lowest BCUT2D eigenvalue weighted by atomic mass is 9.53. The zero-order valence-corrected chi connectivity index (χ0v) is 15.4. The predicted molar refractivity (Wildman–Crippen MR) is 85.9 cm³/mol. The third-order valence-electron chi connectivity index (χ3n) is 5.39. The molecule has 0 aromatic carbocycles. The standard InChI is InChI=1S/C17H22O10/c1-24-13(19)8-6-5-7-9(14(20)25-2)12(18)11(16(22)27-4)17(8,23)10(7)15(21)26-3/h7-8,10-11,18,23H,5-6H2,1-4H3/t7-,8+,10+,11+,17+/m0/s1. The molecule has 27 heavy (non-hydrogen) atoms. The molecule has 2 rings (SSSR count). The summed E-state index contributed by atoms with van der Waals surface area (Å²) in [5.74, 6) is -10.4. The van der Waals surface area contributed by atoms with E-state index in [0.29, 0.717) is 0 Å². The first-order chi connectivity index (χ1) is 12.7. The van der Waals surface area contributed by atoms with Crippen LogP contribution in [-0.2, 0) is 38.1 Å². The summed E-state index contributed by atoms with van der Waals surface area (Å²) in [6, 6.07) is 0. The van der Waals surface area contributed by atoms with Gasteiger partial charge in [-0.25, -0.2) is 4.79 Å². The van der Waals surface area contributed by atoms with Gasteiger partial charge in [0.15, 0.2) is 0 Å². The molecular formula is C17H22O10. The monoisotopic (exact) mass is 386 g/mol. The summed E-state index contributed by atoms with van der Waals surface area (Å²) in [5.41, 5.74) is -2.73. The number of hydrogen-bond donors (Lipinski definition) is 2. The number of carbonyl (C=O) groups excluding carboxylic acids is 4. The van der Waals surface area contributed by atoms with Crippen LogP contribution in [0.2, 0.25) is 0 Å². The van der Waals surface area contributed by atoms with E-state index in [9.17, 15) is 29.4 Å². The second-order valence-corrected chi connectivity index (χ2v) is 6.39. The Hall–Kier alpha value is -2.62. The molecule has 10 nitrogen and oxygen atoms in total. The lowest BCUT2D eigenvalue weighted by Crippen LogP contribution is -2.66. The number of fused-ring (bicyclic) bond motifs is 2. The summed E-state index contributed by atoms with van der Waals surface area (Å²) in [7, 11) is 4.24. The van der Waals surface area contributed by atoms with Gasteiger partial charge in [-0.3, -0.25) is 14.4 Å². The molecule has 0 amide bonds. The number of methoxy groups -OCH3 is 4. The molecule has 0 saturated heterocycles. The van der Waals surface area contributed by atoms with Crippen molar-refractivity contribution in [2.24, 2.45) is 23.7 Å². The maximum absolute atomic E-state index is 12.5. The van der Waals surface area contributed by atoms with Gasteiger partial charge in [0.2, 0.25) is 0 Å². The molecule has 150 valence electrons. The van der Waals surface area contributed by atoms with E-state index in [0.717, 1.165) is 28.4 Å². The average molecular weight is 386 g/mol. The number of aliphatic hydroxyl groups is 2. The van der Waals surface area contributed by atoms with Crippen LogP contribution < -0.4 is 0 Å². The van der Waals surface area contributed by atoms with Crippen molar-refractivity contribution in [3.63, 3.8) is 0 Å². The van der Waals surface area contributed by atoms with Crippen LogP contribution in [0.5, 0.6) is 0 Å². The second-order valence-electron chi connectivity index (χ2n) is 6.39. The van der Waals surface area contributed by atoms with Gasteiger partial charge in [0.25, 0.3) is 0 Å². The normalized spacial score (nSPS) is 32.3. The van der Waals surface area contributed by atoms with E-state index in [2.05, 4.69) is 9.47 Å². The Morgan fingerprint density at radius 2 is 1.44 bits per heavy atom. The second kappa shape index (κ2) is 7.55. The maximum atomic E-state index is 12.5. The van der Waals surface area contributed by atoms with Gasteiger partial charge in [0.05, 0.1) is 45.8 Å². The lowest BCUT2D eigenvalue weighted by molar-refractivity contribution is -0.204. The van der Waals surface area contributed by atoms with Crippen molar-refractivity contribution < 1.29 is 48.3 Å². The van der Waals surface area contributed by atoms with Crippen LogP contribution in [-0.4, -0.2) is 68.1 Å². The fourth-order valence-corrected chi connectivity index (χ4v) is 4.25. The summed E-state index contributed by atoms with van der Waals surface area (Å²) in [6.45, 7) is 0. The van der Waals surface area contributed by atoms with Crippen molar-refractivity contribution in [2.75, 3.05) is 28.4 Å². The molecule has 2 bridgehead atoms. The minimum absolute atomic E-state index is 0.00258. The van der Waals surface area contributed by atoms with Crippen molar-refractivity contribution >= 4 is 23.9 Å². The Labute approximate surface area is 155 Å². The van der Waals surface area contributed by atoms with Gasteiger partial charge in [-0.1, -0.05) is 0 Å². The van der Waals surface area contributed by atoms with Crippen LogP contribution in [0.15, 0.2) is 11.3 Å². The lowest BCUT2D eigenvalue weighted by Gasteiger charge is -2.52. The van der Waals surface area contributed by atoms with E-state index < -0.39 is 58.9 Å². The van der Waals surface area contributed by atoms with Crippen LogP contribution in [0.3, 0.4) is 0 Å². The topological polar surface area (TPSA) is 146 Å². The van der Waals surface area contributed by atoms with Crippen LogP contribution in [0.4, 0.5) is 0 Å². The van der Waals surface area contributed by atoms with E-state index >= 15 is 0 Å². The molecule has 0 aliphatic heterocycles. The Morgan fingerprint density at radius 3 is 1.93 bits per heavy atom. The van der Waals surface area contributed by atoms with Crippen molar-refractivity contribution in [3.05, 3.63) is 11.3 Å². The van der Waals surface area contributed by atoms with Gasteiger partial charge in [0.1, 0.15) is 17.3 Å². The molecule has 2 aliphatic rings. The average Bonchev–Trinajstić information content (AvgIpc) is 2.65. The minimum atomic E-state index is -2.40. The van der Waals surface area contributed by atoms with Gasteiger partial charge in [-0.2, -0.15) is 0 Å². The van der Waals surface area contributed by atoms with Gasteiger partial charge in [-0.15, -0.1) is 0 Å². The molecule has 2 aliphatic carbocycles. The highest BCUT2D eigenvalue weighted by atomic mass is 16.5. The van der Waals surface area contributed by atoms with Crippen molar-refractivity contribution in [3.8, 4) is 0 Å². The van der Waals surface area contributed by atoms with Crippen LogP contribution >= 0.6 is 0 Å². The number of esters is 4. The van der Waals surface area contributed by atoms with E-state index in [1.54, 1.807) is 0 Å². The van der Waals surface area contributed by atoms with Crippen molar-refractivity contribution in [1.29, 1.82) is 0 Å². The van der Waals surface area contributed by atoms with Crippen molar-refractivity contribution in [2.45, 2.75) is 18.4 Å². The molecule has 10 heteroatoms. The number of rotatable bonds is 4. The van der Waals surface area contributed by atoms with Crippen LogP contribution in [0.25, 0.3) is 0 Å². The summed E-state index contributed by atoms with van der Waals surface area (Å²) in [6.07, 6.45) is 0.0762. The SMILES string of the molecule is COC(=O)C1=C(O)[C@H](C(=O)OC)[C@@]2(O)[C@@H](C(=O)OC)CC[C@@H]1[C@@H]2C(=O)OC. The van der Waals surface area contributed by atoms with Gasteiger partial charge < -0.3 is 29.2 Å². The molecule has 0 aromatic rings. The summed E-state index contributed by atoms with van der Waals surface area (Å²) >= 11 is 0. The summed E-state index contributed by atoms with van der Waals surface area (Å²) < 4.78 is 18.8. The molecule has 1 fully saturated rings. The van der Waals surface area contributed by atoms with E-state index in [4.69, 9.17) is 9.47 Å².